The van der Waals surface area contributed by atoms with Gasteiger partial charge in [-0.1, -0.05) is 104 Å². The lowest BCUT2D eigenvalue weighted by molar-refractivity contribution is -0.137. The van der Waals surface area contributed by atoms with Gasteiger partial charge in [0.15, 0.2) is 0 Å². The third-order valence-electron chi connectivity index (χ3n) is 5.58. The third kappa shape index (κ3) is 18.9. The van der Waals surface area contributed by atoms with Gasteiger partial charge in [0, 0.05) is 19.5 Å². The number of aliphatic hydroxyl groups is 1. The summed E-state index contributed by atoms with van der Waals surface area (Å²) in [6, 6.07) is 0. The lowest BCUT2D eigenvalue weighted by Gasteiger charge is -2.24. The molecule has 0 aromatic carbocycles. The predicted molar refractivity (Wildman–Crippen MR) is 128 cm³/mol. The number of aliphatic imine (C=N–C) groups is 1. The Morgan fingerprint density at radius 3 is 1.60 bits per heavy atom. The molecule has 0 saturated carbocycles. The molecule has 0 atom stereocenters. The van der Waals surface area contributed by atoms with Gasteiger partial charge in [-0.2, -0.15) is 0 Å². The number of amidine groups is 1. The molecule has 0 spiro atoms. The highest BCUT2D eigenvalue weighted by Gasteiger charge is 2.14. The fourth-order valence-corrected chi connectivity index (χ4v) is 3.82. The van der Waals surface area contributed by atoms with E-state index in [2.05, 4.69) is 18.8 Å². The number of aliphatic carboxylic acids is 1. The van der Waals surface area contributed by atoms with Crippen molar-refractivity contribution in [3.63, 3.8) is 0 Å². The largest absolute Gasteiger partial charge is 0.480 e. The quantitative estimate of drug-likeness (QED) is 0.119. The second kappa shape index (κ2) is 22.6. The van der Waals surface area contributed by atoms with E-state index in [4.69, 9.17) is 5.11 Å². The van der Waals surface area contributed by atoms with Crippen LogP contribution in [0.3, 0.4) is 0 Å². The number of rotatable bonds is 22. The van der Waals surface area contributed by atoms with Crippen LogP contribution in [0.5, 0.6) is 0 Å². The van der Waals surface area contributed by atoms with Crippen molar-refractivity contribution in [2.75, 3.05) is 26.2 Å². The van der Waals surface area contributed by atoms with Crippen molar-refractivity contribution in [2.24, 2.45) is 4.99 Å². The average molecular weight is 427 g/mol. The summed E-state index contributed by atoms with van der Waals surface area (Å²) in [4.78, 5) is 17.4. The molecule has 0 radical (unpaired) electrons. The van der Waals surface area contributed by atoms with Gasteiger partial charge < -0.3 is 15.1 Å². The second-order valence-corrected chi connectivity index (χ2v) is 8.54. The highest BCUT2D eigenvalue weighted by molar-refractivity contribution is 5.85. The van der Waals surface area contributed by atoms with Gasteiger partial charge in [0.1, 0.15) is 6.54 Å². The topological polar surface area (TPSA) is 73.1 Å². The van der Waals surface area contributed by atoms with Gasteiger partial charge in [0.2, 0.25) is 0 Å². The molecule has 0 rings (SSSR count). The molecule has 0 amide bonds. The van der Waals surface area contributed by atoms with Gasteiger partial charge >= 0.3 is 5.97 Å². The monoisotopic (exact) mass is 426 g/mol. The summed E-state index contributed by atoms with van der Waals surface area (Å²) in [6.45, 7) is 5.28. The number of unbranched alkanes of at least 4 members (excludes halogenated alkanes) is 14. The molecule has 0 aromatic rings. The first-order valence-corrected chi connectivity index (χ1v) is 12.8. The van der Waals surface area contributed by atoms with E-state index in [1.807, 2.05) is 0 Å². The molecule has 0 unspecified atom stereocenters. The van der Waals surface area contributed by atoms with Crippen LogP contribution >= 0.6 is 0 Å². The fourth-order valence-electron chi connectivity index (χ4n) is 3.82. The summed E-state index contributed by atoms with van der Waals surface area (Å²) < 4.78 is 0. The molecule has 0 saturated heterocycles. The summed E-state index contributed by atoms with van der Waals surface area (Å²) in [5.74, 6) is -0.0212. The maximum atomic E-state index is 11.1. The van der Waals surface area contributed by atoms with E-state index in [0.717, 1.165) is 31.6 Å². The summed E-state index contributed by atoms with van der Waals surface area (Å²) >= 11 is 0. The number of carbonyl (C=O) groups is 1. The maximum absolute atomic E-state index is 11.1. The molecule has 0 aromatic heterocycles. The zero-order valence-electron chi connectivity index (χ0n) is 20.0. The molecular formula is C25H50N2O3. The Balaban J connectivity index is 3.76. The van der Waals surface area contributed by atoms with E-state index in [1.54, 1.807) is 4.90 Å². The Bertz CT molecular complexity index is 413. The van der Waals surface area contributed by atoms with Gasteiger partial charge in [0.25, 0.3) is 0 Å². The van der Waals surface area contributed by atoms with Crippen molar-refractivity contribution >= 4 is 11.8 Å². The van der Waals surface area contributed by atoms with Crippen LogP contribution in [0, 0.1) is 0 Å². The summed E-state index contributed by atoms with van der Waals surface area (Å²) in [5, 5.41) is 18.3. The Kier molecular flexibility index (Phi) is 21.8. The van der Waals surface area contributed by atoms with E-state index >= 15 is 0 Å². The Hall–Kier alpha value is -1.10. The first-order valence-electron chi connectivity index (χ1n) is 12.8. The average Bonchev–Trinajstić information content (AvgIpc) is 2.72. The Morgan fingerprint density at radius 1 is 0.733 bits per heavy atom. The number of hydrogen-bond donors (Lipinski definition) is 2. The van der Waals surface area contributed by atoms with Crippen LogP contribution in [0.4, 0.5) is 0 Å². The van der Waals surface area contributed by atoms with Gasteiger partial charge in [-0.25, -0.2) is 0 Å². The normalized spacial score (nSPS) is 11.8. The molecular weight excluding hydrogens is 376 g/mol. The molecule has 5 nitrogen and oxygen atoms in total. The van der Waals surface area contributed by atoms with Gasteiger partial charge in [-0.05, 0) is 12.8 Å². The number of hydrogen-bond acceptors (Lipinski definition) is 3. The lowest BCUT2D eigenvalue weighted by Crippen LogP contribution is -2.38. The van der Waals surface area contributed by atoms with E-state index in [9.17, 15) is 9.90 Å². The predicted octanol–water partition coefficient (Wildman–Crippen LogP) is 6.44. The van der Waals surface area contributed by atoms with Gasteiger partial charge in [0.05, 0.1) is 12.4 Å². The minimum absolute atomic E-state index is 0.0444. The molecule has 0 aliphatic carbocycles. The van der Waals surface area contributed by atoms with Crippen molar-refractivity contribution in [1.82, 2.24) is 4.90 Å². The SMILES string of the molecule is CCCCCCCCCCCCCCCCC/C(=N/CCC)N(CCO)CC(=O)O. The van der Waals surface area contributed by atoms with E-state index in [-0.39, 0.29) is 13.2 Å². The van der Waals surface area contributed by atoms with Crippen LogP contribution in [0.25, 0.3) is 0 Å². The number of aliphatic hydroxyl groups excluding tert-OH is 1. The fraction of sp³-hybridized carbons (Fsp3) is 0.920. The minimum atomic E-state index is -0.871. The Labute approximate surface area is 186 Å². The highest BCUT2D eigenvalue weighted by atomic mass is 16.4. The molecule has 2 N–H and O–H groups in total. The van der Waals surface area contributed by atoms with Crippen LogP contribution in [0.2, 0.25) is 0 Å². The molecule has 0 aliphatic heterocycles. The van der Waals surface area contributed by atoms with Crippen molar-refractivity contribution in [3.05, 3.63) is 0 Å². The van der Waals surface area contributed by atoms with Crippen LogP contribution in [0.1, 0.15) is 123 Å². The van der Waals surface area contributed by atoms with Gasteiger partial charge in [-0.3, -0.25) is 9.79 Å². The van der Waals surface area contributed by atoms with Crippen molar-refractivity contribution in [1.29, 1.82) is 0 Å². The maximum Gasteiger partial charge on any atom is 0.323 e. The number of carboxylic acids is 1. The molecule has 0 heterocycles. The Morgan fingerprint density at radius 2 is 1.20 bits per heavy atom. The van der Waals surface area contributed by atoms with E-state index < -0.39 is 5.97 Å². The van der Waals surface area contributed by atoms with Crippen LogP contribution < -0.4 is 0 Å². The number of nitrogens with zero attached hydrogens (tertiary/aromatic N) is 2. The lowest BCUT2D eigenvalue weighted by atomic mass is 10.0. The van der Waals surface area contributed by atoms with E-state index in [1.165, 1.54) is 89.9 Å². The second-order valence-electron chi connectivity index (χ2n) is 8.54. The minimum Gasteiger partial charge on any atom is -0.480 e. The standard InChI is InChI=1S/C25H50N2O3/c1-3-5-6-7-8-9-10-11-12-13-14-15-16-17-18-19-24(26-20-4-2)27(21-22-28)23-25(29)30/h28H,3-23H2,1-2H3,(H,29,30)/b26-24-. The highest BCUT2D eigenvalue weighted by Crippen LogP contribution is 2.14. The molecule has 0 bridgehead atoms. The molecule has 0 fully saturated rings. The first-order chi connectivity index (χ1) is 14.7. The van der Waals surface area contributed by atoms with Gasteiger partial charge in [-0.15, -0.1) is 0 Å². The first kappa shape index (κ1) is 28.9. The number of carboxylic acid groups (broad SMARTS) is 1. The van der Waals surface area contributed by atoms with Crippen molar-refractivity contribution in [3.8, 4) is 0 Å². The summed E-state index contributed by atoms with van der Waals surface area (Å²) in [6.07, 6.45) is 21.8. The zero-order chi connectivity index (χ0) is 22.3. The molecule has 5 heteroatoms. The van der Waals surface area contributed by atoms with Crippen LogP contribution in [-0.2, 0) is 4.79 Å². The smallest absolute Gasteiger partial charge is 0.323 e. The molecule has 0 aliphatic rings. The summed E-state index contributed by atoms with van der Waals surface area (Å²) in [5.41, 5.74) is 0. The molecule has 30 heavy (non-hydrogen) atoms. The van der Waals surface area contributed by atoms with Crippen LogP contribution in [0.15, 0.2) is 4.99 Å². The molecule has 178 valence electrons. The zero-order valence-corrected chi connectivity index (χ0v) is 20.0. The van der Waals surface area contributed by atoms with Crippen molar-refractivity contribution < 1.29 is 15.0 Å². The third-order valence-corrected chi connectivity index (χ3v) is 5.58. The van der Waals surface area contributed by atoms with E-state index in [0.29, 0.717) is 6.54 Å². The van der Waals surface area contributed by atoms with Crippen molar-refractivity contribution in [2.45, 2.75) is 123 Å². The van der Waals surface area contributed by atoms with Crippen LogP contribution in [-0.4, -0.2) is 53.2 Å². The summed E-state index contributed by atoms with van der Waals surface area (Å²) in [7, 11) is 0.